The van der Waals surface area contributed by atoms with E-state index in [2.05, 4.69) is 5.10 Å². The zero-order valence-electron chi connectivity index (χ0n) is 11.6. The van der Waals surface area contributed by atoms with Gasteiger partial charge in [0.2, 0.25) is 0 Å². The van der Waals surface area contributed by atoms with Crippen LogP contribution < -0.4 is 0 Å². The molecule has 1 saturated carbocycles. The fraction of sp³-hybridized carbons (Fsp3) is 0.375. The molecule has 1 aromatic carbocycles. The number of piperidine rings is 1. The maximum absolute atomic E-state index is 12.6. The van der Waals surface area contributed by atoms with E-state index < -0.39 is 0 Å². The second kappa shape index (κ2) is 4.88. The van der Waals surface area contributed by atoms with Crippen molar-refractivity contribution in [2.24, 2.45) is 5.92 Å². The van der Waals surface area contributed by atoms with Gasteiger partial charge in [0.05, 0.1) is 22.5 Å². The number of nitrogens with zero attached hydrogens (tertiary/aromatic N) is 3. The van der Waals surface area contributed by atoms with Gasteiger partial charge in [0.25, 0.3) is 5.91 Å². The summed E-state index contributed by atoms with van der Waals surface area (Å²) in [5.41, 5.74) is 1.43. The van der Waals surface area contributed by atoms with Crippen LogP contribution in [0.2, 0.25) is 5.02 Å². The van der Waals surface area contributed by atoms with Crippen molar-refractivity contribution in [2.45, 2.75) is 25.3 Å². The lowest BCUT2D eigenvalue weighted by atomic mass is 10.1. The molecule has 1 aromatic heterocycles. The van der Waals surface area contributed by atoms with Gasteiger partial charge in [0, 0.05) is 18.8 Å². The van der Waals surface area contributed by atoms with E-state index >= 15 is 0 Å². The molecule has 21 heavy (non-hydrogen) atoms. The molecule has 1 saturated heterocycles. The lowest BCUT2D eigenvalue weighted by molar-refractivity contribution is 0.0703. The van der Waals surface area contributed by atoms with Gasteiger partial charge < -0.3 is 4.90 Å². The van der Waals surface area contributed by atoms with Crippen LogP contribution in [0.5, 0.6) is 0 Å². The molecule has 0 N–H and O–H groups in total. The molecule has 0 radical (unpaired) electrons. The van der Waals surface area contributed by atoms with Crippen molar-refractivity contribution >= 4 is 17.5 Å². The Bertz CT molecular complexity index is 696. The van der Waals surface area contributed by atoms with E-state index in [4.69, 9.17) is 11.6 Å². The fourth-order valence-corrected chi connectivity index (χ4v) is 3.76. The molecule has 2 fully saturated rings. The van der Waals surface area contributed by atoms with Crippen LogP contribution in [-0.4, -0.2) is 33.2 Å². The largest absolute Gasteiger partial charge is 0.335 e. The molecular weight excluding hydrogens is 286 g/mol. The topological polar surface area (TPSA) is 38.1 Å². The maximum Gasteiger partial charge on any atom is 0.257 e. The van der Waals surface area contributed by atoms with E-state index in [1.165, 1.54) is 12.8 Å². The highest BCUT2D eigenvalue weighted by molar-refractivity contribution is 6.32. The molecule has 2 atom stereocenters. The highest BCUT2D eigenvalue weighted by Gasteiger charge is 2.40. The van der Waals surface area contributed by atoms with Gasteiger partial charge >= 0.3 is 0 Å². The van der Waals surface area contributed by atoms with Crippen molar-refractivity contribution < 1.29 is 4.79 Å². The molecule has 1 aliphatic carbocycles. The summed E-state index contributed by atoms with van der Waals surface area (Å²) in [4.78, 5) is 14.6. The van der Waals surface area contributed by atoms with Crippen LogP contribution in [0.15, 0.2) is 36.7 Å². The monoisotopic (exact) mass is 301 g/mol. The third-order valence-corrected chi connectivity index (χ3v) is 4.92. The third-order valence-electron chi connectivity index (χ3n) is 4.60. The van der Waals surface area contributed by atoms with Crippen molar-refractivity contribution in [1.82, 2.24) is 14.7 Å². The summed E-state index contributed by atoms with van der Waals surface area (Å²) in [5.74, 6) is 0.804. The van der Waals surface area contributed by atoms with Crippen molar-refractivity contribution in [3.63, 3.8) is 0 Å². The average molecular weight is 302 g/mol. The summed E-state index contributed by atoms with van der Waals surface area (Å²) in [6, 6.07) is 7.93. The fourth-order valence-electron chi connectivity index (χ4n) is 3.54. The summed E-state index contributed by atoms with van der Waals surface area (Å²) >= 11 is 6.17. The molecule has 5 heteroatoms. The lowest BCUT2D eigenvalue weighted by Gasteiger charge is -2.26. The molecule has 1 aliphatic heterocycles. The second-order valence-electron chi connectivity index (χ2n) is 5.92. The van der Waals surface area contributed by atoms with Gasteiger partial charge in [-0.05, 0) is 37.3 Å². The normalized spacial score (nSPS) is 23.8. The highest BCUT2D eigenvalue weighted by Crippen LogP contribution is 2.38. The van der Waals surface area contributed by atoms with E-state index in [0.717, 1.165) is 18.7 Å². The summed E-state index contributed by atoms with van der Waals surface area (Å²) in [6.07, 6.45) is 7.00. The molecule has 2 unspecified atom stereocenters. The summed E-state index contributed by atoms with van der Waals surface area (Å²) in [6.45, 7) is 0.904. The number of fused-ring (bicyclic) bond motifs is 2. The van der Waals surface area contributed by atoms with Crippen LogP contribution in [0.25, 0.3) is 5.69 Å². The zero-order chi connectivity index (χ0) is 14.4. The number of hydrogen-bond acceptors (Lipinski definition) is 2. The zero-order valence-corrected chi connectivity index (χ0v) is 12.3. The van der Waals surface area contributed by atoms with Gasteiger partial charge in [-0.25, -0.2) is 4.68 Å². The van der Waals surface area contributed by atoms with Gasteiger partial charge in [0.1, 0.15) is 0 Å². The van der Waals surface area contributed by atoms with Crippen LogP contribution in [0, 0.1) is 5.92 Å². The number of amides is 1. The molecule has 108 valence electrons. The van der Waals surface area contributed by atoms with E-state index in [-0.39, 0.29) is 5.91 Å². The number of halogens is 1. The first-order chi connectivity index (χ1) is 10.2. The number of rotatable bonds is 2. The summed E-state index contributed by atoms with van der Waals surface area (Å²) in [7, 11) is 0. The molecule has 2 aliphatic rings. The van der Waals surface area contributed by atoms with E-state index in [9.17, 15) is 4.79 Å². The van der Waals surface area contributed by atoms with E-state index in [0.29, 0.717) is 22.5 Å². The quantitative estimate of drug-likeness (QED) is 0.854. The van der Waals surface area contributed by atoms with E-state index in [1.807, 2.05) is 29.2 Å². The Hall–Kier alpha value is -1.81. The minimum Gasteiger partial charge on any atom is -0.335 e. The first-order valence-corrected chi connectivity index (χ1v) is 7.71. The first-order valence-electron chi connectivity index (χ1n) is 7.33. The number of likely N-dealkylation sites (tertiary alicyclic amines) is 1. The highest BCUT2D eigenvalue weighted by atomic mass is 35.5. The van der Waals surface area contributed by atoms with Gasteiger partial charge in [-0.3, -0.25) is 4.79 Å². The van der Waals surface area contributed by atoms with Crippen LogP contribution in [0.3, 0.4) is 0 Å². The predicted molar refractivity (Wildman–Crippen MR) is 80.7 cm³/mol. The number of benzene rings is 1. The van der Waals surface area contributed by atoms with Crippen molar-refractivity contribution in [3.8, 4) is 5.69 Å². The van der Waals surface area contributed by atoms with Crippen molar-refractivity contribution in [2.75, 3.05) is 6.54 Å². The van der Waals surface area contributed by atoms with Gasteiger partial charge in [-0.2, -0.15) is 5.10 Å². The van der Waals surface area contributed by atoms with Crippen molar-refractivity contribution in [3.05, 3.63) is 47.2 Å². The van der Waals surface area contributed by atoms with Crippen LogP contribution >= 0.6 is 11.6 Å². The number of carbonyl (C=O) groups is 1. The van der Waals surface area contributed by atoms with Crippen LogP contribution in [0.1, 0.15) is 29.6 Å². The second-order valence-corrected chi connectivity index (χ2v) is 6.32. The number of hydrogen-bond donors (Lipinski definition) is 0. The van der Waals surface area contributed by atoms with Crippen LogP contribution in [-0.2, 0) is 0 Å². The smallest absolute Gasteiger partial charge is 0.257 e. The van der Waals surface area contributed by atoms with Crippen molar-refractivity contribution in [1.29, 1.82) is 0 Å². The molecular formula is C16H16ClN3O. The molecule has 2 bridgehead atoms. The molecule has 1 amide bonds. The maximum atomic E-state index is 12.6. The third kappa shape index (κ3) is 2.14. The first kappa shape index (κ1) is 12.9. The molecule has 2 heterocycles. The Balaban J connectivity index is 1.60. The Morgan fingerprint density at radius 3 is 2.86 bits per heavy atom. The predicted octanol–water partition coefficient (Wildman–Crippen LogP) is 3.15. The Kier molecular flexibility index (Phi) is 3.00. The standard InChI is InChI=1S/C16H16ClN3O/c17-14-3-1-2-4-15(14)20-10-12(8-18-20)16(21)19-9-11-5-6-13(19)7-11/h1-4,8,10-11,13H,5-7,9H2. The summed E-state index contributed by atoms with van der Waals surface area (Å²) < 4.78 is 1.67. The molecule has 0 spiro atoms. The minimum absolute atomic E-state index is 0.0977. The lowest BCUT2D eigenvalue weighted by Crippen LogP contribution is -2.37. The molecule has 4 rings (SSSR count). The van der Waals surface area contributed by atoms with Gasteiger partial charge in [-0.15, -0.1) is 0 Å². The minimum atomic E-state index is 0.0977. The SMILES string of the molecule is O=C(c1cnn(-c2ccccc2Cl)c1)N1CC2CCC1C2. The van der Waals surface area contributed by atoms with Gasteiger partial charge in [-0.1, -0.05) is 23.7 Å². The average Bonchev–Trinajstić information content (AvgIpc) is 3.23. The number of aromatic nitrogens is 2. The summed E-state index contributed by atoms with van der Waals surface area (Å²) in [5, 5.41) is 4.91. The number of carbonyl (C=O) groups excluding carboxylic acids is 1. The Morgan fingerprint density at radius 1 is 1.29 bits per heavy atom. The number of para-hydroxylation sites is 1. The van der Waals surface area contributed by atoms with Gasteiger partial charge in [0.15, 0.2) is 0 Å². The molecule has 2 aromatic rings. The Morgan fingerprint density at radius 2 is 2.14 bits per heavy atom. The van der Waals surface area contributed by atoms with Crippen LogP contribution in [0.4, 0.5) is 0 Å². The Labute approximate surface area is 128 Å². The molecule has 4 nitrogen and oxygen atoms in total. The van der Waals surface area contributed by atoms with E-state index in [1.54, 1.807) is 17.1 Å².